The third kappa shape index (κ3) is 3.97. The van der Waals surface area contributed by atoms with Crippen molar-refractivity contribution in [2.24, 2.45) is 0 Å². The van der Waals surface area contributed by atoms with Crippen molar-refractivity contribution in [1.82, 2.24) is 15.2 Å². The molecule has 0 unspecified atom stereocenters. The van der Waals surface area contributed by atoms with Crippen LogP contribution in [0.5, 0.6) is 0 Å². The second-order valence-electron chi connectivity index (χ2n) is 7.30. The van der Waals surface area contributed by atoms with E-state index < -0.39 is 0 Å². The lowest BCUT2D eigenvalue weighted by Crippen LogP contribution is -2.36. The van der Waals surface area contributed by atoms with E-state index >= 15 is 0 Å². The molecular weight excluding hydrogens is 394 g/mol. The van der Waals surface area contributed by atoms with E-state index in [4.69, 9.17) is 14.1 Å². The molecule has 2 aromatic heterocycles. The number of benzene rings is 2. The smallest absolute Gasteiger partial charge is 0.322 e. The summed E-state index contributed by atoms with van der Waals surface area (Å²) in [6.07, 6.45) is 0. The Labute approximate surface area is 178 Å². The highest BCUT2D eigenvalue weighted by atomic mass is 16.5. The number of hydrogen-bond acceptors (Lipinski definition) is 7. The van der Waals surface area contributed by atoms with Gasteiger partial charge < -0.3 is 14.1 Å². The molecule has 1 fully saturated rings. The molecule has 0 saturated carbocycles. The number of fused-ring (bicyclic) bond motifs is 1. The standard InChI is InChI=1S/C23H21N5O3/c1-15-26-27-23(31-15)25-22(29)19-7-3-4-16-8-9-20(24-21(16)19)17-5-2-6-18(14-17)28-10-12-30-13-11-28/h2-9,14H,10-13H2,1H3,(H,25,27,29). The number of ether oxygens (including phenoxy) is 1. The van der Waals surface area contributed by atoms with Gasteiger partial charge in [-0.2, -0.15) is 0 Å². The van der Waals surface area contributed by atoms with Gasteiger partial charge in [0.2, 0.25) is 5.89 Å². The number of morpholine rings is 1. The quantitative estimate of drug-likeness (QED) is 0.543. The van der Waals surface area contributed by atoms with E-state index in [1.807, 2.05) is 36.4 Å². The SMILES string of the molecule is Cc1nnc(NC(=O)c2cccc3ccc(-c4cccc(N5CCOCC5)c4)nc23)o1. The van der Waals surface area contributed by atoms with E-state index in [1.165, 1.54) is 0 Å². The van der Waals surface area contributed by atoms with Gasteiger partial charge in [-0.05, 0) is 24.3 Å². The van der Waals surface area contributed by atoms with Crippen molar-refractivity contribution in [1.29, 1.82) is 0 Å². The number of aryl methyl sites for hydroxylation is 1. The molecule has 31 heavy (non-hydrogen) atoms. The maximum atomic E-state index is 12.8. The second-order valence-corrected chi connectivity index (χ2v) is 7.30. The summed E-state index contributed by atoms with van der Waals surface area (Å²) in [5, 5.41) is 11.1. The summed E-state index contributed by atoms with van der Waals surface area (Å²) in [6, 6.07) is 17.8. The highest BCUT2D eigenvalue weighted by Crippen LogP contribution is 2.27. The van der Waals surface area contributed by atoms with Gasteiger partial charge in [0.05, 0.1) is 30.0 Å². The summed E-state index contributed by atoms with van der Waals surface area (Å²) in [6.45, 7) is 4.87. The molecule has 156 valence electrons. The fourth-order valence-electron chi connectivity index (χ4n) is 3.69. The van der Waals surface area contributed by atoms with Gasteiger partial charge in [0.15, 0.2) is 0 Å². The van der Waals surface area contributed by atoms with Crippen LogP contribution >= 0.6 is 0 Å². The lowest BCUT2D eigenvalue weighted by Gasteiger charge is -2.29. The summed E-state index contributed by atoms with van der Waals surface area (Å²) >= 11 is 0. The number of para-hydroxylation sites is 1. The number of hydrogen-bond donors (Lipinski definition) is 1. The van der Waals surface area contributed by atoms with Gasteiger partial charge in [0.1, 0.15) is 0 Å². The first-order valence-electron chi connectivity index (χ1n) is 10.1. The van der Waals surface area contributed by atoms with E-state index in [0.29, 0.717) is 17.0 Å². The Balaban J connectivity index is 1.49. The molecule has 4 aromatic rings. The van der Waals surface area contributed by atoms with Crippen LogP contribution in [0.4, 0.5) is 11.7 Å². The predicted octanol–water partition coefficient (Wildman–Crippen LogP) is 3.68. The third-order valence-electron chi connectivity index (χ3n) is 5.23. The Hall–Kier alpha value is -3.78. The van der Waals surface area contributed by atoms with Gasteiger partial charge in [0, 0.05) is 36.7 Å². The van der Waals surface area contributed by atoms with Crippen molar-refractivity contribution < 1.29 is 13.9 Å². The Morgan fingerprint density at radius 1 is 1.03 bits per heavy atom. The summed E-state index contributed by atoms with van der Waals surface area (Å²) in [7, 11) is 0. The number of nitrogens with zero attached hydrogens (tertiary/aromatic N) is 4. The fraction of sp³-hybridized carbons (Fsp3) is 0.217. The zero-order valence-corrected chi connectivity index (χ0v) is 17.0. The van der Waals surface area contributed by atoms with Crippen molar-refractivity contribution in [3.05, 3.63) is 66.1 Å². The van der Waals surface area contributed by atoms with E-state index in [1.54, 1.807) is 13.0 Å². The molecule has 1 amide bonds. The first-order valence-corrected chi connectivity index (χ1v) is 10.1. The van der Waals surface area contributed by atoms with E-state index in [-0.39, 0.29) is 11.9 Å². The molecule has 1 saturated heterocycles. The Kier molecular flexibility index (Phi) is 5.05. The summed E-state index contributed by atoms with van der Waals surface area (Å²) in [5.41, 5.74) is 4.00. The highest BCUT2D eigenvalue weighted by Gasteiger charge is 2.16. The molecule has 0 atom stereocenters. The van der Waals surface area contributed by atoms with Crippen molar-refractivity contribution in [2.75, 3.05) is 36.5 Å². The molecule has 8 heteroatoms. The third-order valence-corrected chi connectivity index (χ3v) is 5.23. The van der Waals surface area contributed by atoms with Crippen LogP contribution in [0, 0.1) is 6.92 Å². The maximum Gasteiger partial charge on any atom is 0.322 e. The number of anilines is 2. The Bertz CT molecular complexity index is 1250. The Morgan fingerprint density at radius 2 is 1.87 bits per heavy atom. The monoisotopic (exact) mass is 415 g/mol. The first-order chi connectivity index (χ1) is 15.2. The van der Waals surface area contributed by atoms with Crippen LogP contribution in [0.2, 0.25) is 0 Å². The van der Waals surface area contributed by atoms with Gasteiger partial charge in [-0.3, -0.25) is 10.1 Å². The molecule has 0 aliphatic carbocycles. The van der Waals surface area contributed by atoms with Crippen LogP contribution in [-0.2, 0) is 4.74 Å². The van der Waals surface area contributed by atoms with Crippen molar-refractivity contribution in [2.45, 2.75) is 6.92 Å². The number of rotatable bonds is 4. The second kappa shape index (κ2) is 8.16. The van der Waals surface area contributed by atoms with Gasteiger partial charge in [-0.1, -0.05) is 35.4 Å². The largest absolute Gasteiger partial charge is 0.408 e. The molecular formula is C23H21N5O3. The average Bonchev–Trinajstić information content (AvgIpc) is 3.23. The van der Waals surface area contributed by atoms with Crippen molar-refractivity contribution >= 4 is 28.5 Å². The molecule has 3 heterocycles. The normalized spacial score (nSPS) is 14.0. The Morgan fingerprint density at radius 3 is 2.68 bits per heavy atom. The van der Waals surface area contributed by atoms with E-state index in [9.17, 15) is 4.79 Å². The molecule has 0 spiro atoms. The zero-order chi connectivity index (χ0) is 21.2. The summed E-state index contributed by atoms with van der Waals surface area (Å²) in [5.74, 6) is 0.0368. The number of carbonyl (C=O) groups excluding carboxylic acids is 1. The molecule has 5 rings (SSSR count). The van der Waals surface area contributed by atoms with E-state index in [2.05, 4.69) is 32.5 Å². The minimum absolute atomic E-state index is 0.0638. The van der Waals surface area contributed by atoms with Crippen LogP contribution < -0.4 is 10.2 Å². The van der Waals surface area contributed by atoms with Crippen LogP contribution in [0.25, 0.3) is 22.2 Å². The highest BCUT2D eigenvalue weighted by molar-refractivity contribution is 6.11. The fourth-order valence-corrected chi connectivity index (χ4v) is 3.69. The van der Waals surface area contributed by atoms with Crippen LogP contribution in [0.1, 0.15) is 16.2 Å². The van der Waals surface area contributed by atoms with E-state index in [0.717, 1.165) is 48.6 Å². The number of nitrogens with one attached hydrogen (secondary N) is 1. The number of carbonyl (C=O) groups is 1. The zero-order valence-electron chi connectivity index (χ0n) is 17.0. The minimum Gasteiger partial charge on any atom is -0.408 e. The molecule has 0 radical (unpaired) electrons. The van der Waals surface area contributed by atoms with Crippen LogP contribution in [-0.4, -0.2) is 47.4 Å². The number of pyridine rings is 1. The van der Waals surface area contributed by atoms with Crippen molar-refractivity contribution in [3.8, 4) is 11.3 Å². The average molecular weight is 415 g/mol. The predicted molar refractivity (Wildman–Crippen MR) is 117 cm³/mol. The molecule has 1 aliphatic heterocycles. The van der Waals surface area contributed by atoms with Crippen molar-refractivity contribution in [3.63, 3.8) is 0 Å². The van der Waals surface area contributed by atoms with Crippen LogP contribution in [0.15, 0.2) is 59.0 Å². The lowest BCUT2D eigenvalue weighted by molar-refractivity contribution is 0.102. The number of amides is 1. The maximum absolute atomic E-state index is 12.8. The molecule has 2 aromatic carbocycles. The number of aromatic nitrogens is 3. The molecule has 0 bridgehead atoms. The van der Waals surface area contributed by atoms with Crippen LogP contribution in [0.3, 0.4) is 0 Å². The first kappa shape index (κ1) is 19.2. The summed E-state index contributed by atoms with van der Waals surface area (Å²) < 4.78 is 10.7. The summed E-state index contributed by atoms with van der Waals surface area (Å²) in [4.78, 5) is 20.0. The molecule has 1 aliphatic rings. The molecule has 8 nitrogen and oxygen atoms in total. The van der Waals surface area contributed by atoms with Gasteiger partial charge >= 0.3 is 6.01 Å². The van der Waals surface area contributed by atoms with Gasteiger partial charge in [0.25, 0.3) is 5.91 Å². The molecule has 1 N–H and O–H groups in total. The minimum atomic E-state index is -0.346. The van der Waals surface area contributed by atoms with Gasteiger partial charge in [-0.25, -0.2) is 4.98 Å². The van der Waals surface area contributed by atoms with Gasteiger partial charge in [-0.15, -0.1) is 5.10 Å². The topological polar surface area (TPSA) is 93.4 Å². The lowest BCUT2D eigenvalue weighted by atomic mass is 10.1.